The number of carbonyl (C=O) groups is 3. The fraction of sp³-hybridized carbons (Fsp3) is 0.406. The van der Waals surface area contributed by atoms with Crippen LogP contribution in [-0.2, 0) is 29.7 Å². The molecule has 4 aromatic rings. The van der Waals surface area contributed by atoms with Gasteiger partial charge in [0, 0.05) is 48.4 Å². The molecule has 1 aliphatic heterocycles. The molecule has 1 saturated carbocycles. The van der Waals surface area contributed by atoms with E-state index in [0.29, 0.717) is 40.0 Å². The van der Waals surface area contributed by atoms with Crippen molar-refractivity contribution in [2.24, 2.45) is 5.41 Å². The van der Waals surface area contributed by atoms with Crippen molar-refractivity contribution in [3.8, 4) is 11.1 Å². The van der Waals surface area contributed by atoms with Crippen molar-refractivity contribution in [2.45, 2.75) is 59.7 Å². The van der Waals surface area contributed by atoms with Crippen LogP contribution in [0.1, 0.15) is 50.4 Å². The summed E-state index contributed by atoms with van der Waals surface area (Å²) in [5.74, 6) is 0.00388. The van der Waals surface area contributed by atoms with Gasteiger partial charge < -0.3 is 19.3 Å². The summed E-state index contributed by atoms with van der Waals surface area (Å²) < 4.78 is 25.8. The highest BCUT2D eigenvalue weighted by atomic mass is 79.9. The zero-order valence-corrected chi connectivity index (χ0v) is 28.2. The first-order chi connectivity index (χ1) is 21.9. The van der Waals surface area contributed by atoms with Crippen LogP contribution in [0.25, 0.3) is 22.0 Å². The Balaban J connectivity index is 0.00000433. The van der Waals surface area contributed by atoms with Gasteiger partial charge >= 0.3 is 7.60 Å². The smallest absolute Gasteiger partial charge is 0.325 e. The van der Waals surface area contributed by atoms with E-state index in [1.165, 1.54) is 18.3 Å². The van der Waals surface area contributed by atoms with Gasteiger partial charge in [-0.1, -0.05) is 19.6 Å². The van der Waals surface area contributed by atoms with Crippen LogP contribution < -0.4 is 5.32 Å². The third-order valence-electron chi connectivity index (χ3n) is 8.41. The molecular weight excluding hydrogens is 689 g/mol. The van der Waals surface area contributed by atoms with Gasteiger partial charge in [-0.2, -0.15) is 5.10 Å². The standard InChI is InChI=1S/C31H33BrN7O6P.CH4/c1-5-44-46(4,43)45-17-31-12-24(30(42)36-27-8-6-7-26(32)35-27)39(25(31)13-31)28(41)16-38-23-10-9-20(21-14-33-19(3)34-15-21)11-22(23)29(37-38)18(2)40;/h6-11,14-15,24-25H,5,12-13,16-17H2,1-4H3,(H,35,36,42);1H4/t24-,25-,31+,46?;/m0./s1. The van der Waals surface area contributed by atoms with Crippen molar-refractivity contribution in [1.29, 1.82) is 0 Å². The van der Waals surface area contributed by atoms with Crippen molar-refractivity contribution >= 4 is 57.8 Å². The summed E-state index contributed by atoms with van der Waals surface area (Å²) in [5.41, 5.74) is 1.87. The van der Waals surface area contributed by atoms with Gasteiger partial charge in [0.1, 0.15) is 34.5 Å². The average Bonchev–Trinajstić information content (AvgIpc) is 3.43. The minimum atomic E-state index is -3.30. The van der Waals surface area contributed by atoms with Crippen LogP contribution in [0.5, 0.6) is 0 Å². The molecule has 4 heterocycles. The van der Waals surface area contributed by atoms with Crippen molar-refractivity contribution < 1.29 is 28.0 Å². The molecule has 0 radical (unpaired) electrons. The molecule has 13 nitrogen and oxygen atoms in total. The Labute approximate surface area is 281 Å². The van der Waals surface area contributed by atoms with Gasteiger partial charge in [0.15, 0.2) is 5.78 Å². The number of Topliss-reactive ketones (excluding diaryl/α,β-unsaturated/α-hetero) is 1. The van der Waals surface area contributed by atoms with Crippen molar-refractivity contribution in [1.82, 2.24) is 29.6 Å². The number of anilines is 1. The monoisotopic (exact) mass is 725 g/mol. The molecule has 4 atom stereocenters. The largest absolute Gasteiger partial charge is 0.327 e. The minimum absolute atomic E-state index is 0. The highest BCUT2D eigenvalue weighted by Gasteiger charge is 2.67. The number of nitrogens with zero attached hydrogens (tertiary/aromatic N) is 6. The van der Waals surface area contributed by atoms with Crippen LogP contribution in [0.4, 0.5) is 5.82 Å². The van der Waals surface area contributed by atoms with E-state index in [2.05, 4.69) is 41.3 Å². The number of rotatable bonds is 11. The van der Waals surface area contributed by atoms with E-state index >= 15 is 0 Å². The zero-order chi connectivity index (χ0) is 32.8. The molecule has 0 spiro atoms. The molecule has 47 heavy (non-hydrogen) atoms. The van der Waals surface area contributed by atoms with Gasteiger partial charge in [0.25, 0.3) is 0 Å². The number of amides is 2. The maximum absolute atomic E-state index is 14.1. The second-order valence-electron chi connectivity index (χ2n) is 11.7. The van der Waals surface area contributed by atoms with Crippen LogP contribution in [0.2, 0.25) is 0 Å². The minimum Gasteiger partial charge on any atom is -0.325 e. The lowest BCUT2D eigenvalue weighted by molar-refractivity contribution is -0.138. The quantitative estimate of drug-likeness (QED) is 0.116. The maximum Gasteiger partial charge on any atom is 0.327 e. The number of halogens is 1. The van der Waals surface area contributed by atoms with Crippen LogP contribution >= 0.6 is 23.5 Å². The fourth-order valence-electron chi connectivity index (χ4n) is 6.12. The van der Waals surface area contributed by atoms with Gasteiger partial charge in [-0.25, -0.2) is 15.0 Å². The number of fused-ring (bicyclic) bond motifs is 2. The van der Waals surface area contributed by atoms with Gasteiger partial charge in [-0.3, -0.25) is 23.6 Å². The molecule has 3 aromatic heterocycles. The molecule has 15 heteroatoms. The molecule has 1 unspecified atom stereocenters. The Morgan fingerprint density at radius 2 is 1.85 bits per heavy atom. The molecule has 1 aromatic carbocycles. The number of likely N-dealkylation sites (tertiary alicyclic amines) is 1. The van der Waals surface area contributed by atoms with E-state index in [4.69, 9.17) is 9.05 Å². The first-order valence-corrected chi connectivity index (χ1v) is 17.6. The zero-order valence-electron chi connectivity index (χ0n) is 25.8. The second-order valence-corrected chi connectivity index (χ2v) is 14.6. The molecule has 2 fully saturated rings. The topological polar surface area (TPSA) is 158 Å². The Kier molecular flexibility index (Phi) is 9.79. The number of aromatic nitrogens is 5. The van der Waals surface area contributed by atoms with Gasteiger partial charge in [0.05, 0.1) is 18.7 Å². The number of piperidine rings is 1. The summed E-state index contributed by atoms with van der Waals surface area (Å²) in [6.45, 7) is 6.50. The van der Waals surface area contributed by atoms with Crippen molar-refractivity contribution in [3.63, 3.8) is 0 Å². The van der Waals surface area contributed by atoms with Crippen LogP contribution in [0.15, 0.2) is 53.4 Å². The number of ketones is 1. The molecule has 2 aliphatic rings. The van der Waals surface area contributed by atoms with E-state index < -0.39 is 25.0 Å². The Hall–Kier alpha value is -3.84. The van der Waals surface area contributed by atoms with Gasteiger partial charge in [-0.05, 0) is 72.4 Å². The first-order valence-electron chi connectivity index (χ1n) is 14.8. The lowest BCUT2D eigenvalue weighted by Crippen LogP contribution is -2.46. The number of benzene rings is 1. The number of aryl methyl sites for hydroxylation is 1. The summed E-state index contributed by atoms with van der Waals surface area (Å²) in [6.07, 6.45) is 4.33. The van der Waals surface area contributed by atoms with E-state index in [0.717, 1.165) is 11.1 Å². The molecule has 6 rings (SSSR count). The molecular formula is C32H37BrN7O6P. The molecule has 248 valence electrons. The predicted molar refractivity (Wildman–Crippen MR) is 180 cm³/mol. The van der Waals surface area contributed by atoms with Gasteiger partial charge in [0.2, 0.25) is 11.8 Å². The van der Waals surface area contributed by atoms with E-state index in [-0.39, 0.29) is 50.6 Å². The third-order valence-corrected chi connectivity index (χ3v) is 10.2. The number of hydrogen-bond donors (Lipinski definition) is 1. The van der Waals surface area contributed by atoms with Crippen LogP contribution in [0, 0.1) is 12.3 Å². The SMILES string of the molecule is C.CCOP(C)(=O)OC[C@@]12C[C@@H]1N(C(=O)Cn1nc(C(C)=O)c3cc(-c4cnc(C)nc4)ccc31)[C@H](C(=O)Nc1cccc(Br)n1)C2. The maximum atomic E-state index is 14.1. The lowest BCUT2D eigenvalue weighted by atomic mass is 10.0. The summed E-state index contributed by atoms with van der Waals surface area (Å²) >= 11 is 3.32. The highest BCUT2D eigenvalue weighted by molar-refractivity contribution is 9.10. The van der Waals surface area contributed by atoms with E-state index in [1.807, 2.05) is 18.2 Å². The number of carbonyl (C=O) groups excluding carboxylic acids is 3. The van der Waals surface area contributed by atoms with E-state index in [1.54, 1.807) is 49.3 Å². The molecule has 1 N–H and O–H groups in total. The van der Waals surface area contributed by atoms with Crippen molar-refractivity contribution in [2.75, 3.05) is 25.2 Å². The summed E-state index contributed by atoms with van der Waals surface area (Å²) in [6, 6.07) is 9.53. The number of pyridine rings is 1. The normalized spacial score (nSPS) is 21.1. The number of nitrogens with one attached hydrogen (secondary N) is 1. The molecule has 2 amide bonds. The Morgan fingerprint density at radius 1 is 1.11 bits per heavy atom. The summed E-state index contributed by atoms with van der Waals surface area (Å²) in [7, 11) is -3.30. The van der Waals surface area contributed by atoms with E-state index in [9.17, 15) is 18.9 Å². The van der Waals surface area contributed by atoms with Crippen LogP contribution in [-0.4, -0.2) is 79.2 Å². The Morgan fingerprint density at radius 3 is 2.53 bits per heavy atom. The van der Waals surface area contributed by atoms with Crippen molar-refractivity contribution in [3.05, 3.63) is 64.9 Å². The third kappa shape index (κ3) is 7.06. The molecule has 1 saturated heterocycles. The van der Waals surface area contributed by atoms with Gasteiger partial charge in [-0.15, -0.1) is 0 Å². The summed E-state index contributed by atoms with van der Waals surface area (Å²) in [4.78, 5) is 54.8. The van der Waals surface area contributed by atoms with Crippen LogP contribution in [0.3, 0.4) is 0 Å². The molecule has 0 bridgehead atoms. The molecule has 1 aliphatic carbocycles. The first kappa shape index (κ1) is 34.5. The predicted octanol–water partition coefficient (Wildman–Crippen LogP) is 5.67. The lowest BCUT2D eigenvalue weighted by Gasteiger charge is -2.27. The average molecular weight is 727 g/mol. The summed E-state index contributed by atoms with van der Waals surface area (Å²) in [5, 5.41) is 7.96. The highest BCUT2D eigenvalue weighted by Crippen LogP contribution is 2.62. The second kappa shape index (κ2) is 13.3. The fourth-order valence-corrected chi connectivity index (χ4v) is 7.49. The Bertz CT molecular complexity index is 1900. The number of hydrogen-bond acceptors (Lipinski definition) is 10.